The Hall–Kier alpha value is -1.68. The third kappa shape index (κ3) is 3.40. The Morgan fingerprint density at radius 1 is 1.56 bits per heavy atom. The minimum Gasteiger partial charge on any atom is -0.478 e. The van der Waals surface area contributed by atoms with Crippen molar-refractivity contribution in [3.63, 3.8) is 0 Å². The molecule has 0 bridgehead atoms. The van der Waals surface area contributed by atoms with Gasteiger partial charge in [0, 0.05) is 24.2 Å². The van der Waals surface area contributed by atoms with Gasteiger partial charge in [0.25, 0.3) is 0 Å². The minimum absolute atomic E-state index is 0.319. The first-order valence-corrected chi connectivity index (χ1v) is 5.96. The van der Waals surface area contributed by atoms with Gasteiger partial charge in [-0.2, -0.15) is 0 Å². The van der Waals surface area contributed by atoms with Crippen LogP contribution >= 0.6 is 0 Å². The van der Waals surface area contributed by atoms with Crippen LogP contribution < -0.4 is 0 Å². The second kappa shape index (κ2) is 5.31. The molecule has 1 aliphatic rings. The van der Waals surface area contributed by atoms with Crippen LogP contribution in [0.3, 0.4) is 0 Å². The van der Waals surface area contributed by atoms with E-state index in [-0.39, 0.29) is 0 Å². The Morgan fingerprint density at radius 3 is 2.89 bits per heavy atom. The number of rotatable bonds is 5. The van der Waals surface area contributed by atoms with E-state index in [0.29, 0.717) is 11.6 Å². The molecule has 3 nitrogen and oxygen atoms in total. The topological polar surface area (TPSA) is 40.5 Å². The summed E-state index contributed by atoms with van der Waals surface area (Å²) in [6.07, 6.45) is 4.69. The van der Waals surface area contributed by atoms with Gasteiger partial charge < -0.3 is 5.11 Å². The maximum absolute atomic E-state index is 13.5. The zero-order chi connectivity index (χ0) is 13.1. The molecule has 1 fully saturated rings. The van der Waals surface area contributed by atoms with Crippen LogP contribution in [-0.4, -0.2) is 29.1 Å². The summed E-state index contributed by atoms with van der Waals surface area (Å²) in [7, 11) is 2.05. The summed E-state index contributed by atoms with van der Waals surface area (Å²) in [4.78, 5) is 12.7. The van der Waals surface area contributed by atoms with Gasteiger partial charge in [-0.3, -0.25) is 4.90 Å². The Balaban J connectivity index is 2.12. The standard InChI is InChI=1S/C14H16FNO2/c1-16(12-4-5-12)9-10-2-6-13(15)11(8-10)3-7-14(17)18/h2-3,6-8,12H,4-5,9H2,1H3,(H,17,18)/b7-3+. The molecule has 1 saturated carbocycles. The lowest BCUT2D eigenvalue weighted by molar-refractivity contribution is -0.131. The Bertz CT molecular complexity index is 481. The molecule has 4 heteroatoms. The lowest BCUT2D eigenvalue weighted by atomic mass is 10.1. The summed E-state index contributed by atoms with van der Waals surface area (Å²) < 4.78 is 13.5. The summed E-state index contributed by atoms with van der Waals surface area (Å²) in [5.41, 5.74) is 1.31. The number of hydrogen-bond acceptors (Lipinski definition) is 2. The predicted octanol–water partition coefficient (Wildman–Crippen LogP) is 2.52. The van der Waals surface area contributed by atoms with Crippen molar-refractivity contribution in [1.82, 2.24) is 4.90 Å². The van der Waals surface area contributed by atoms with Crippen molar-refractivity contribution in [3.05, 3.63) is 41.2 Å². The molecule has 18 heavy (non-hydrogen) atoms. The van der Waals surface area contributed by atoms with Gasteiger partial charge in [-0.25, -0.2) is 9.18 Å². The van der Waals surface area contributed by atoms with E-state index in [0.717, 1.165) is 18.2 Å². The highest BCUT2D eigenvalue weighted by Crippen LogP contribution is 2.27. The highest BCUT2D eigenvalue weighted by molar-refractivity contribution is 5.85. The van der Waals surface area contributed by atoms with E-state index in [9.17, 15) is 9.18 Å². The van der Waals surface area contributed by atoms with Crippen molar-refractivity contribution < 1.29 is 14.3 Å². The molecule has 1 aromatic carbocycles. The fourth-order valence-electron chi connectivity index (χ4n) is 1.91. The van der Waals surface area contributed by atoms with Crippen LogP contribution in [0.5, 0.6) is 0 Å². The molecule has 2 rings (SSSR count). The van der Waals surface area contributed by atoms with Gasteiger partial charge in [0.05, 0.1) is 0 Å². The molecule has 0 aromatic heterocycles. The normalized spacial score (nSPS) is 15.5. The Labute approximate surface area is 106 Å². The monoisotopic (exact) mass is 249 g/mol. The van der Waals surface area contributed by atoms with Crippen LogP contribution in [0.15, 0.2) is 24.3 Å². The highest BCUT2D eigenvalue weighted by Gasteiger charge is 2.25. The molecule has 96 valence electrons. The summed E-state index contributed by atoms with van der Waals surface area (Å²) in [6, 6.07) is 5.48. The molecule has 0 atom stereocenters. The first-order chi connectivity index (χ1) is 8.56. The number of carbonyl (C=O) groups is 1. The molecule has 0 amide bonds. The number of nitrogens with zero attached hydrogens (tertiary/aromatic N) is 1. The van der Waals surface area contributed by atoms with E-state index >= 15 is 0 Å². The molecule has 0 aliphatic heterocycles. The van der Waals surface area contributed by atoms with Gasteiger partial charge in [-0.1, -0.05) is 6.07 Å². The van der Waals surface area contributed by atoms with Gasteiger partial charge in [-0.15, -0.1) is 0 Å². The van der Waals surface area contributed by atoms with Gasteiger partial charge in [0.2, 0.25) is 0 Å². The minimum atomic E-state index is -1.07. The van der Waals surface area contributed by atoms with E-state index in [1.54, 1.807) is 12.1 Å². The maximum Gasteiger partial charge on any atom is 0.328 e. The average Bonchev–Trinajstić information content (AvgIpc) is 3.13. The van der Waals surface area contributed by atoms with Crippen LogP contribution in [0, 0.1) is 5.82 Å². The van der Waals surface area contributed by atoms with Gasteiger partial charge in [-0.05, 0) is 43.7 Å². The van der Waals surface area contributed by atoms with Crippen molar-refractivity contribution in [2.45, 2.75) is 25.4 Å². The largest absolute Gasteiger partial charge is 0.478 e. The molecule has 1 N–H and O–H groups in total. The van der Waals surface area contributed by atoms with Crippen LogP contribution in [-0.2, 0) is 11.3 Å². The Kier molecular flexibility index (Phi) is 3.77. The van der Waals surface area contributed by atoms with E-state index in [1.807, 2.05) is 7.05 Å². The third-order valence-electron chi connectivity index (χ3n) is 3.07. The molecular weight excluding hydrogens is 233 g/mol. The molecule has 0 unspecified atom stereocenters. The maximum atomic E-state index is 13.5. The fourth-order valence-corrected chi connectivity index (χ4v) is 1.91. The molecule has 1 aromatic rings. The fraction of sp³-hybridized carbons (Fsp3) is 0.357. The SMILES string of the molecule is CN(Cc1ccc(F)c(/C=C/C(=O)O)c1)C1CC1. The molecule has 0 saturated heterocycles. The number of carboxylic acids is 1. The molecule has 0 spiro atoms. The van der Waals surface area contributed by atoms with Crippen LogP contribution in [0.25, 0.3) is 6.08 Å². The van der Waals surface area contributed by atoms with Crippen LogP contribution in [0.4, 0.5) is 4.39 Å². The quantitative estimate of drug-likeness (QED) is 0.815. The second-order valence-electron chi connectivity index (χ2n) is 4.67. The number of carboxylic acid groups (broad SMARTS) is 1. The van der Waals surface area contributed by atoms with Crippen LogP contribution in [0.2, 0.25) is 0 Å². The van der Waals surface area contributed by atoms with Crippen molar-refractivity contribution in [2.24, 2.45) is 0 Å². The Morgan fingerprint density at radius 2 is 2.28 bits per heavy atom. The summed E-state index contributed by atoms with van der Waals surface area (Å²) >= 11 is 0. The molecule has 0 radical (unpaired) electrons. The summed E-state index contributed by atoms with van der Waals surface area (Å²) in [5, 5.41) is 8.54. The number of halogens is 1. The van der Waals surface area contributed by atoms with Gasteiger partial charge in [0.1, 0.15) is 5.82 Å². The summed E-state index contributed by atoms with van der Waals surface area (Å²) in [5.74, 6) is -1.47. The first-order valence-electron chi connectivity index (χ1n) is 5.96. The van der Waals surface area contributed by atoms with E-state index in [2.05, 4.69) is 4.90 Å². The number of benzene rings is 1. The summed E-state index contributed by atoms with van der Waals surface area (Å²) in [6.45, 7) is 0.763. The van der Waals surface area contributed by atoms with Crippen molar-refractivity contribution >= 4 is 12.0 Å². The van der Waals surface area contributed by atoms with E-state index in [1.165, 1.54) is 25.0 Å². The second-order valence-corrected chi connectivity index (χ2v) is 4.67. The zero-order valence-corrected chi connectivity index (χ0v) is 10.3. The average molecular weight is 249 g/mol. The van der Waals surface area contributed by atoms with Crippen molar-refractivity contribution in [3.8, 4) is 0 Å². The third-order valence-corrected chi connectivity index (χ3v) is 3.07. The van der Waals surface area contributed by atoms with Crippen LogP contribution in [0.1, 0.15) is 24.0 Å². The molecular formula is C14H16FNO2. The smallest absolute Gasteiger partial charge is 0.328 e. The predicted molar refractivity (Wildman–Crippen MR) is 67.6 cm³/mol. The van der Waals surface area contributed by atoms with Gasteiger partial charge >= 0.3 is 5.97 Å². The lowest BCUT2D eigenvalue weighted by Crippen LogP contribution is -2.19. The van der Waals surface area contributed by atoms with E-state index in [4.69, 9.17) is 5.11 Å². The molecule has 0 heterocycles. The zero-order valence-electron chi connectivity index (χ0n) is 10.3. The molecule has 1 aliphatic carbocycles. The van der Waals surface area contributed by atoms with E-state index < -0.39 is 11.8 Å². The number of aliphatic carboxylic acids is 1. The first kappa shape index (κ1) is 12.8. The van der Waals surface area contributed by atoms with Crippen molar-refractivity contribution in [1.29, 1.82) is 0 Å². The highest BCUT2D eigenvalue weighted by atomic mass is 19.1. The number of hydrogen-bond donors (Lipinski definition) is 1. The van der Waals surface area contributed by atoms with Crippen molar-refractivity contribution in [2.75, 3.05) is 7.05 Å². The lowest BCUT2D eigenvalue weighted by Gasteiger charge is -2.15. The van der Waals surface area contributed by atoms with Gasteiger partial charge in [0.15, 0.2) is 0 Å².